The lowest BCUT2D eigenvalue weighted by Crippen LogP contribution is -2.17. The van der Waals surface area contributed by atoms with Crippen LogP contribution in [0.2, 0.25) is 0 Å². The van der Waals surface area contributed by atoms with E-state index in [1.54, 1.807) is 6.08 Å². The molecule has 90 valence electrons. The molecule has 1 unspecified atom stereocenters. The molecule has 1 aliphatic rings. The van der Waals surface area contributed by atoms with E-state index in [1.165, 1.54) is 6.07 Å². The van der Waals surface area contributed by atoms with Gasteiger partial charge in [-0.05, 0) is 12.5 Å². The second kappa shape index (κ2) is 4.47. The fraction of sp³-hybridized carbons (Fsp3) is 0.250. The predicted molar refractivity (Wildman–Crippen MR) is 59.3 cm³/mol. The summed E-state index contributed by atoms with van der Waals surface area (Å²) >= 11 is 0. The molecule has 2 heterocycles. The third kappa shape index (κ3) is 2.39. The van der Waals surface area contributed by atoms with Crippen LogP contribution in [-0.2, 0) is 11.3 Å². The van der Waals surface area contributed by atoms with E-state index in [9.17, 15) is 4.79 Å². The van der Waals surface area contributed by atoms with E-state index in [1.807, 2.05) is 6.92 Å². The van der Waals surface area contributed by atoms with Crippen molar-refractivity contribution < 1.29 is 19.0 Å². The van der Waals surface area contributed by atoms with E-state index in [0.717, 1.165) is 11.8 Å². The molecular weight excluding hydrogens is 224 g/mol. The van der Waals surface area contributed by atoms with Gasteiger partial charge in [-0.2, -0.15) is 0 Å². The Labute approximate surface area is 97.6 Å². The van der Waals surface area contributed by atoms with Crippen molar-refractivity contribution in [1.82, 2.24) is 0 Å². The highest BCUT2D eigenvalue weighted by molar-refractivity contribution is 5.27. The lowest BCUT2D eigenvalue weighted by Gasteiger charge is -2.11. The molecule has 5 heteroatoms. The number of rotatable bonds is 3. The van der Waals surface area contributed by atoms with Crippen molar-refractivity contribution in [2.45, 2.75) is 19.8 Å². The summed E-state index contributed by atoms with van der Waals surface area (Å²) < 4.78 is 15.5. The first kappa shape index (κ1) is 11.5. The molecule has 0 bridgehead atoms. The summed E-state index contributed by atoms with van der Waals surface area (Å²) in [5.41, 5.74) is 0.499. The van der Waals surface area contributed by atoms with Gasteiger partial charge in [0.25, 0.3) is 6.29 Å². The van der Waals surface area contributed by atoms with Gasteiger partial charge in [0.2, 0.25) is 11.2 Å². The number of ether oxygens (including phenoxy) is 2. The predicted octanol–water partition coefficient (Wildman–Crippen LogP) is 1.33. The van der Waals surface area contributed by atoms with Crippen LogP contribution in [0, 0.1) is 0 Å². The van der Waals surface area contributed by atoms with Crippen molar-refractivity contribution in [3.05, 3.63) is 52.3 Å². The lowest BCUT2D eigenvalue weighted by atomic mass is 10.3. The zero-order valence-electron chi connectivity index (χ0n) is 9.30. The maximum atomic E-state index is 11.6. The van der Waals surface area contributed by atoms with E-state index in [2.05, 4.69) is 6.58 Å². The minimum atomic E-state index is -0.662. The quantitative estimate of drug-likeness (QED) is 0.857. The van der Waals surface area contributed by atoms with Crippen LogP contribution in [0.1, 0.15) is 12.7 Å². The fourth-order valence-electron chi connectivity index (χ4n) is 1.35. The fourth-order valence-corrected chi connectivity index (χ4v) is 1.35. The second-order valence-corrected chi connectivity index (χ2v) is 3.61. The highest BCUT2D eigenvalue weighted by Crippen LogP contribution is 2.22. The number of aliphatic hydroxyl groups excluding tert-OH is 1. The van der Waals surface area contributed by atoms with Gasteiger partial charge in [-0.3, -0.25) is 4.79 Å². The molecule has 1 aromatic heterocycles. The zero-order chi connectivity index (χ0) is 12.4. The van der Waals surface area contributed by atoms with Gasteiger partial charge in [-0.1, -0.05) is 6.58 Å². The zero-order valence-corrected chi connectivity index (χ0v) is 9.30. The van der Waals surface area contributed by atoms with Crippen molar-refractivity contribution in [2.24, 2.45) is 0 Å². The Bertz CT molecular complexity index is 526. The van der Waals surface area contributed by atoms with Crippen LogP contribution in [0.4, 0.5) is 0 Å². The van der Waals surface area contributed by atoms with Crippen LogP contribution >= 0.6 is 0 Å². The van der Waals surface area contributed by atoms with Gasteiger partial charge >= 0.3 is 0 Å². The number of hydrogen-bond donors (Lipinski definition) is 1. The van der Waals surface area contributed by atoms with Gasteiger partial charge in [0, 0.05) is 12.1 Å². The van der Waals surface area contributed by atoms with Crippen LogP contribution in [-0.4, -0.2) is 11.4 Å². The molecule has 0 aromatic carbocycles. The van der Waals surface area contributed by atoms with Crippen molar-refractivity contribution >= 4 is 0 Å². The first-order chi connectivity index (χ1) is 8.10. The van der Waals surface area contributed by atoms with E-state index in [4.69, 9.17) is 19.0 Å². The Morgan fingerprint density at radius 1 is 1.59 bits per heavy atom. The number of allylic oxidation sites excluding steroid dienone is 1. The average molecular weight is 236 g/mol. The Hall–Kier alpha value is -2.01. The monoisotopic (exact) mass is 236 g/mol. The van der Waals surface area contributed by atoms with Gasteiger partial charge < -0.3 is 19.0 Å². The molecule has 0 amide bonds. The Kier molecular flexibility index (Phi) is 3.01. The summed E-state index contributed by atoms with van der Waals surface area (Å²) in [5, 5.41) is 8.79. The minimum Gasteiger partial charge on any atom is -0.463 e. The van der Waals surface area contributed by atoms with E-state index >= 15 is 0 Å². The van der Waals surface area contributed by atoms with Gasteiger partial charge in [-0.25, -0.2) is 0 Å². The molecule has 0 aliphatic carbocycles. The van der Waals surface area contributed by atoms with Crippen molar-refractivity contribution in [3.8, 4) is 5.75 Å². The summed E-state index contributed by atoms with van der Waals surface area (Å²) in [7, 11) is 0. The average Bonchev–Trinajstić information content (AvgIpc) is 2.61. The molecular formula is C12H12O5. The summed E-state index contributed by atoms with van der Waals surface area (Å²) in [6.45, 7) is 5.18. The number of aliphatic hydroxyl groups is 1. The highest BCUT2D eigenvalue weighted by Gasteiger charge is 2.20. The molecule has 2 rings (SSSR count). The molecule has 0 saturated heterocycles. The maximum absolute atomic E-state index is 11.6. The minimum absolute atomic E-state index is 0.0333. The van der Waals surface area contributed by atoms with Crippen molar-refractivity contribution in [1.29, 1.82) is 0 Å². The van der Waals surface area contributed by atoms with Gasteiger partial charge in [0.05, 0.1) is 0 Å². The van der Waals surface area contributed by atoms with Gasteiger partial charge in [0.15, 0.2) is 0 Å². The molecule has 5 nitrogen and oxygen atoms in total. The van der Waals surface area contributed by atoms with Gasteiger partial charge in [0.1, 0.15) is 24.4 Å². The smallest absolute Gasteiger partial charge is 0.261 e. The van der Waals surface area contributed by atoms with Crippen molar-refractivity contribution in [2.75, 3.05) is 0 Å². The van der Waals surface area contributed by atoms with Crippen LogP contribution in [0.3, 0.4) is 0 Å². The SMILES string of the molecule is C=C1OC(Oc2coc(CO)cc2=O)C=C1C. The summed E-state index contributed by atoms with van der Waals surface area (Å²) in [6, 6.07) is 1.18. The third-order valence-electron chi connectivity index (χ3n) is 2.34. The lowest BCUT2D eigenvalue weighted by molar-refractivity contribution is 0.00836. The molecule has 0 fully saturated rings. The highest BCUT2D eigenvalue weighted by atomic mass is 16.7. The first-order valence-corrected chi connectivity index (χ1v) is 5.03. The Balaban J connectivity index is 2.15. The molecule has 1 aromatic rings. The summed E-state index contributed by atoms with van der Waals surface area (Å²) in [6.07, 6.45) is 2.20. The van der Waals surface area contributed by atoms with E-state index in [-0.39, 0.29) is 23.5 Å². The number of hydrogen-bond acceptors (Lipinski definition) is 5. The molecule has 1 aliphatic heterocycles. The molecule has 0 saturated carbocycles. The van der Waals surface area contributed by atoms with Crippen molar-refractivity contribution in [3.63, 3.8) is 0 Å². The molecule has 1 atom stereocenters. The maximum Gasteiger partial charge on any atom is 0.261 e. The Morgan fingerprint density at radius 2 is 2.35 bits per heavy atom. The van der Waals surface area contributed by atoms with Crippen LogP contribution in [0.15, 0.2) is 45.5 Å². The van der Waals surface area contributed by atoms with Crippen LogP contribution in [0.5, 0.6) is 5.75 Å². The van der Waals surface area contributed by atoms with E-state index in [0.29, 0.717) is 5.76 Å². The van der Waals surface area contributed by atoms with Gasteiger partial charge in [-0.15, -0.1) is 0 Å². The van der Waals surface area contributed by atoms with Crippen LogP contribution in [0.25, 0.3) is 0 Å². The standard InChI is InChI=1S/C12H12O5/c1-7-3-12(16-8(7)2)17-11-6-15-9(5-13)4-10(11)14/h3-4,6,12-13H,2,5H2,1H3. The summed E-state index contributed by atoms with van der Waals surface area (Å²) in [4.78, 5) is 11.6. The third-order valence-corrected chi connectivity index (χ3v) is 2.34. The topological polar surface area (TPSA) is 68.9 Å². The molecule has 1 N–H and O–H groups in total. The second-order valence-electron chi connectivity index (χ2n) is 3.61. The Morgan fingerprint density at radius 3 is 2.88 bits per heavy atom. The van der Waals surface area contributed by atoms with E-state index < -0.39 is 6.29 Å². The largest absolute Gasteiger partial charge is 0.463 e. The molecule has 0 spiro atoms. The molecule has 17 heavy (non-hydrogen) atoms. The summed E-state index contributed by atoms with van der Waals surface area (Å²) in [5.74, 6) is 0.739. The first-order valence-electron chi connectivity index (χ1n) is 5.03. The molecule has 0 radical (unpaired) electrons. The van der Waals surface area contributed by atoms with Crippen LogP contribution < -0.4 is 10.2 Å². The normalized spacial score (nSPS) is 18.8.